The molecule has 0 saturated carbocycles. The van der Waals surface area contributed by atoms with Crippen molar-refractivity contribution in [1.29, 1.82) is 0 Å². The summed E-state index contributed by atoms with van der Waals surface area (Å²) in [7, 11) is 0. The van der Waals surface area contributed by atoms with Gasteiger partial charge in [-0.1, -0.05) is 69.7 Å². The number of hydrogen-bond acceptors (Lipinski definition) is 3. The predicted molar refractivity (Wildman–Crippen MR) is 100 cm³/mol. The summed E-state index contributed by atoms with van der Waals surface area (Å²) >= 11 is 0. The lowest BCUT2D eigenvalue weighted by molar-refractivity contribution is -0.250. The molecule has 0 spiro atoms. The van der Waals surface area contributed by atoms with E-state index >= 15 is 0 Å². The highest BCUT2D eigenvalue weighted by molar-refractivity contribution is 5.22. The molecule has 2 rings (SSSR count). The topological polar surface area (TPSA) is 32.7 Å². The molecular formula is C21H35NO2. The predicted octanol–water partition coefficient (Wildman–Crippen LogP) is 5.29. The van der Waals surface area contributed by atoms with Crippen LogP contribution in [0.15, 0.2) is 24.3 Å². The molecule has 1 N–H and O–H groups in total. The van der Waals surface area contributed by atoms with Gasteiger partial charge in [-0.3, -0.25) is 10.2 Å². The molecule has 24 heavy (non-hydrogen) atoms. The van der Waals surface area contributed by atoms with Gasteiger partial charge in [0.05, 0.1) is 6.61 Å². The lowest BCUT2D eigenvalue weighted by Crippen LogP contribution is -2.21. The van der Waals surface area contributed by atoms with E-state index in [4.69, 9.17) is 5.26 Å². The van der Waals surface area contributed by atoms with Gasteiger partial charge in [-0.05, 0) is 42.9 Å². The van der Waals surface area contributed by atoms with Crippen molar-refractivity contribution >= 4 is 0 Å². The first-order chi connectivity index (χ1) is 11.8. The van der Waals surface area contributed by atoms with Gasteiger partial charge in [0.1, 0.15) is 0 Å². The highest BCUT2D eigenvalue weighted by Crippen LogP contribution is 2.19. The van der Waals surface area contributed by atoms with Gasteiger partial charge in [0.15, 0.2) is 0 Å². The molecule has 1 aromatic rings. The van der Waals surface area contributed by atoms with Crippen LogP contribution < -0.4 is 0 Å². The van der Waals surface area contributed by atoms with Crippen LogP contribution in [-0.2, 0) is 17.9 Å². The molecule has 1 heterocycles. The van der Waals surface area contributed by atoms with Gasteiger partial charge in [0.2, 0.25) is 0 Å². The zero-order valence-corrected chi connectivity index (χ0v) is 15.4. The molecular weight excluding hydrogens is 298 g/mol. The maximum absolute atomic E-state index is 8.56. The Morgan fingerprint density at radius 1 is 1.00 bits per heavy atom. The minimum Gasteiger partial charge on any atom is -0.299 e. The highest BCUT2D eigenvalue weighted by atomic mass is 17.1. The fourth-order valence-electron chi connectivity index (χ4n) is 3.65. The third kappa shape index (κ3) is 7.33. The fourth-order valence-corrected chi connectivity index (χ4v) is 3.65. The Labute approximate surface area is 147 Å². The zero-order valence-electron chi connectivity index (χ0n) is 15.4. The van der Waals surface area contributed by atoms with Gasteiger partial charge in [-0.25, -0.2) is 4.89 Å². The Balaban J connectivity index is 1.61. The standard InChI is InChI=1S/C21H35NO2/c1-2-3-4-5-6-7-8-9-19-10-12-20(13-11-19)16-22-15-14-21(17-22)18-24-23/h10-13,21,23H,2-9,14-18H2,1H3. The molecule has 1 atom stereocenters. The molecule has 1 saturated heterocycles. The fraction of sp³-hybridized carbons (Fsp3) is 0.714. The van der Waals surface area contributed by atoms with Gasteiger partial charge < -0.3 is 0 Å². The van der Waals surface area contributed by atoms with Crippen LogP contribution >= 0.6 is 0 Å². The van der Waals surface area contributed by atoms with E-state index in [1.807, 2.05) is 0 Å². The maximum Gasteiger partial charge on any atom is 0.0860 e. The summed E-state index contributed by atoms with van der Waals surface area (Å²) in [6, 6.07) is 9.17. The second-order valence-corrected chi connectivity index (χ2v) is 7.37. The number of aryl methyl sites for hydroxylation is 1. The molecule has 1 fully saturated rings. The Morgan fingerprint density at radius 3 is 2.38 bits per heavy atom. The molecule has 0 radical (unpaired) electrons. The van der Waals surface area contributed by atoms with E-state index in [0.717, 1.165) is 26.1 Å². The average Bonchev–Trinajstić information content (AvgIpc) is 3.03. The van der Waals surface area contributed by atoms with E-state index in [1.165, 1.54) is 62.5 Å². The lowest BCUT2D eigenvalue weighted by atomic mass is 10.0. The van der Waals surface area contributed by atoms with Crippen molar-refractivity contribution < 1.29 is 10.1 Å². The van der Waals surface area contributed by atoms with Crippen LogP contribution in [-0.4, -0.2) is 29.9 Å². The summed E-state index contributed by atoms with van der Waals surface area (Å²) in [5, 5.41) is 8.56. The molecule has 1 aromatic carbocycles. The van der Waals surface area contributed by atoms with Crippen molar-refractivity contribution in [3.63, 3.8) is 0 Å². The molecule has 3 nitrogen and oxygen atoms in total. The molecule has 1 unspecified atom stereocenters. The van der Waals surface area contributed by atoms with E-state index in [2.05, 4.69) is 41.0 Å². The second kappa shape index (κ2) is 11.6. The summed E-state index contributed by atoms with van der Waals surface area (Å²) in [6.07, 6.45) is 12.0. The third-order valence-electron chi connectivity index (χ3n) is 5.18. The Hall–Kier alpha value is -0.900. The lowest BCUT2D eigenvalue weighted by Gasteiger charge is -2.16. The first kappa shape index (κ1) is 19.4. The first-order valence-electron chi connectivity index (χ1n) is 9.88. The number of rotatable bonds is 12. The van der Waals surface area contributed by atoms with E-state index in [1.54, 1.807) is 0 Å². The minimum absolute atomic E-state index is 0.466. The van der Waals surface area contributed by atoms with Crippen LogP contribution in [0.2, 0.25) is 0 Å². The van der Waals surface area contributed by atoms with E-state index in [0.29, 0.717) is 12.5 Å². The molecule has 0 bridgehead atoms. The number of nitrogens with zero attached hydrogens (tertiary/aromatic N) is 1. The van der Waals surface area contributed by atoms with Gasteiger partial charge >= 0.3 is 0 Å². The van der Waals surface area contributed by atoms with Gasteiger partial charge in [-0.2, -0.15) is 0 Å². The van der Waals surface area contributed by atoms with Crippen LogP contribution in [0.4, 0.5) is 0 Å². The van der Waals surface area contributed by atoms with Crippen LogP contribution in [0.25, 0.3) is 0 Å². The van der Waals surface area contributed by atoms with Crippen molar-refractivity contribution in [3.8, 4) is 0 Å². The molecule has 1 aliphatic heterocycles. The molecule has 3 heteroatoms. The summed E-state index contributed by atoms with van der Waals surface area (Å²) in [4.78, 5) is 6.74. The summed E-state index contributed by atoms with van der Waals surface area (Å²) < 4.78 is 0. The van der Waals surface area contributed by atoms with Crippen LogP contribution in [0.1, 0.15) is 69.4 Å². The monoisotopic (exact) mass is 333 g/mol. The van der Waals surface area contributed by atoms with Crippen molar-refractivity contribution in [3.05, 3.63) is 35.4 Å². The van der Waals surface area contributed by atoms with Gasteiger partial charge in [-0.15, -0.1) is 0 Å². The number of likely N-dealkylation sites (tertiary alicyclic amines) is 1. The summed E-state index contributed by atoms with van der Waals surface area (Å²) in [5.41, 5.74) is 2.86. The molecule has 0 amide bonds. The van der Waals surface area contributed by atoms with Gasteiger partial charge in [0.25, 0.3) is 0 Å². The van der Waals surface area contributed by atoms with Gasteiger partial charge in [0, 0.05) is 13.1 Å². The van der Waals surface area contributed by atoms with E-state index in [9.17, 15) is 0 Å². The minimum atomic E-state index is 0.466. The summed E-state index contributed by atoms with van der Waals surface area (Å²) in [6.45, 7) is 5.89. The number of hydrogen-bond donors (Lipinski definition) is 1. The SMILES string of the molecule is CCCCCCCCCc1ccc(CN2CCC(COO)C2)cc1. The molecule has 1 aliphatic rings. The maximum atomic E-state index is 8.56. The second-order valence-electron chi connectivity index (χ2n) is 7.37. The van der Waals surface area contributed by atoms with Crippen molar-refractivity contribution in [2.24, 2.45) is 5.92 Å². The Kier molecular flexibility index (Phi) is 9.40. The van der Waals surface area contributed by atoms with Crippen LogP contribution in [0.5, 0.6) is 0 Å². The molecule has 0 aliphatic carbocycles. The van der Waals surface area contributed by atoms with Crippen LogP contribution in [0.3, 0.4) is 0 Å². The molecule has 0 aromatic heterocycles. The van der Waals surface area contributed by atoms with E-state index in [-0.39, 0.29) is 0 Å². The molecule has 136 valence electrons. The van der Waals surface area contributed by atoms with Crippen molar-refractivity contribution in [2.75, 3.05) is 19.7 Å². The third-order valence-corrected chi connectivity index (χ3v) is 5.18. The Bertz CT molecular complexity index is 432. The zero-order chi connectivity index (χ0) is 17.0. The Morgan fingerprint density at radius 2 is 1.67 bits per heavy atom. The number of unbranched alkanes of at least 4 members (excludes halogenated alkanes) is 6. The van der Waals surface area contributed by atoms with Crippen molar-refractivity contribution in [2.45, 2.75) is 71.3 Å². The quantitative estimate of drug-likeness (QED) is 0.320. The van der Waals surface area contributed by atoms with Crippen molar-refractivity contribution in [1.82, 2.24) is 4.90 Å². The highest BCUT2D eigenvalue weighted by Gasteiger charge is 2.22. The van der Waals surface area contributed by atoms with Crippen LogP contribution in [0, 0.1) is 5.92 Å². The van der Waals surface area contributed by atoms with E-state index < -0.39 is 0 Å². The number of benzene rings is 1. The largest absolute Gasteiger partial charge is 0.299 e. The first-order valence-corrected chi connectivity index (χ1v) is 9.88. The normalized spacial score (nSPS) is 18.3. The summed E-state index contributed by atoms with van der Waals surface area (Å²) in [5.74, 6) is 0.478. The smallest absolute Gasteiger partial charge is 0.0860 e. The average molecular weight is 334 g/mol.